The second-order valence-corrected chi connectivity index (χ2v) is 6.20. The number of aromatic nitrogens is 4. The van der Waals surface area contributed by atoms with Gasteiger partial charge in [-0.15, -0.1) is 0 Å². The summed E-state index contributed by atoms with van der Waals surface area (Å²) in [5.74, 6) is -1.56. The standard InChI is InChI=1S/C14H17F4N5O3/c1-5(2)20-10-8-11(22-13(21-10)14(16,17)18)23(4-19-8)12-7(15)9(25)6(3-24)26-12/h4-7,9,12,24-25H,3H2,1-2H3,(H,20,21,22)/t6-,7-,9?,12-/m1/s1. The van der Waals surface area contributed by atoms with Crippen molar-refractivity contribution in [2.75, 3.05) is 11.9 Å². The van der Waals surface area contributed by atoms with Crippen LogP contribution in [0.25, 0.3) is 11.2 Å². The molecule has 1 saturated heterocycles. The Morgan fingerprint density at radius 2 is 2.04 bits per heavy atom. The molecule has 8 nitrogen and oxygen atoms in total. The molecule has 1 unspecified atom stereocenters. The van der Waals surface area contributed by atoms with Crippen molar-refractivity contribution in [1.82, 2.24) is 19.5 Å². The van der Waals surface area contributed by atoms with E-state index < -0.39 is 43.2 Å². The van der Waals surface area contributed by atoms with Crippen molar-refractivity contribution in [3.8, 4) is 0 Å². The summed E-state index contributed by atoms with van der Waals surface area (Å²) in [6.45, 7) is 2.77. The lowest BCUT2D eigenvalue weighted by Gasteiger charge is -2.16. The highest BCUT2D eigenvalue weighted by Gasteiger charge is 2.46. The Labute approximate surface area is 144 Å². The molecule has 2 aromatic heterocycles. The molecule has 4 atom stereocenters. The molecular formula is C14H17F4N5O3. The summed E-state index contributed by atoms with van der Waals surface area (Å²) in [4.78, 5) is 10.9. The van der Waals surface area contributed by atoms with Crippen LogP contribution in [-0.2, 0) is 10.9 Å². The Balaban J connectivity index is 2.13. The minimum absolute atomic E-state index is 0.00411. The van der Waals surface area contributed by atoms with Crippen LogP contribution in [0.1, 0.15) is 25.9 Å². The predicted molar refractivity (Wildman–Crippen MR) is 81.0 cm³/mol. The Morgan fingerprint density at radius 3 is 2.58 bits per heavy atom. The lowest BCUT2D eigenvalue weighted by Crippen LogP contribution is -2.30. The van der Waals surface area contributed by atoms with Crippen LogP contribution in [-0.4, -0.2) is 60.8 Å². The number of aliphatic hydroxyl groups excluding tert-OH is 2. The maximum Gasteiger partial charge on any atom is 0.451 e. The average Bonchev–Trinajstić information content (AvgIpc) is 3.08. The van der Waals surface area contributed by atoms with Crippen molar-refractivity contribution in [2.24, 2.45) is 0 Å². The molecular weight excluding hydrogens is 362 g/mol. The third-order valence-corrected chi connectivity index (χ3v) is 3.85. The van der Waals surface area contributed by atoms with Gasteiger partial charge >= 0.3 is 6.18 Å². The number of ether oxygens (including phenoxy) is 1. The number of aliphatic hydroxyl groups is 2. The van der Waals surface area contributed by atoms with E-state index in [9.17, 15) is 22.7 Å². The SMILES string of the molecule is CC(C)Nc1nc(C(F)(F)F)nc2c1ncn2[C@@H]1O[C@H](CO)C(O)[C@H]1F. The van der Waals surface area contributed by atoms with Gasteiger partial charge in [0.15, 0.2) is 29.4 Å². The number of nitrogens with zero attached hydrogens (tertiary/aromatic N) is 4. The van der Waals surface area contributed by atoms with Gasteiger partial charge in [-0.1, -0.05) is 0 Å². The fourth-order valence-electron chi connectivity index (χ4n) is 2.68. The summed E-state index contributed by atoms with van der Waals surface area (Å²) in [5.41, 5.74) is -0.293. The van der Waals surface area contributed by atoms with Gasteiger partial charge in [0, 0.05) is 6.04 Å². The van der Waals surface area contributed by atoms with Crippen LogP contribution in [0.3, 0.4) is 0 Å². The number of imidazole rings is 1. The molecule has 0 aliphatic carbocycles. The number of rotatable bonds is 4. The van der Waals surface area contributed by atoms with Gasteiger partial charge in [0.2, 0.25) is 5.82 Å². The zero-order chi connectivity index (χ0) is 19.2. The third-order valence-electron chi connectivity index (χ3n) is 3.85. The first-order valence-electron chi connectivity index (χ1n) is 7.80. The van der Waals surface area contributed by atoms with Gasteiger partial charge in [-0.2, -0.15) is 13.2 Å². The van der Waals surface area contributed by atoms with Gasteiger partial charge in [-0.05, 0) is 13.8 Å². The van der Waals surface area contributed by atoms with E-state index in [2.05, 4.69) is 20.3 Å². The predicted octanol–water partition coefficient (Wildman–Crippen LogP) is 1.25. The molecule has 0 bridgehead atoms. The van der Waals surface area contributed by atoms with Crippen molar-refractivity contribution < 1.29 is 32.5 Å². The fraction of sp³-hybridized carbons (Fsp3) is 0.643. The zero-order valence-corrected chi connectivity index (χ0v) is 13.8. The molecule has 0 saturated carbocycles. The van der Waals surface area contributed by atoms with E-state index in [0.717, 1.165) is 10.9 Å². The summed E-state index contributed by atoms with van der Waals surface area (Å²) in [7, 11) is 0. The summed E-state index contributed by atoms with van der Waals surface area (Å²) in [5, 5.41) is 21.6. The highest BCUT2D eigenvalue weighted by Crippen LogP contribution is 2.36. The van der Waals surface area contributed by atoms with Crippen LogP contribution in [0.15, 0.2) is 6.33 Å². The second-order valence-electron chi connectivity index (χ2n) is 6.20. The molecule has 26 heavy (non-hydrogen) atoms. The molecule has 3 N–H and O–H groups in total. The number of nitrogens with one attached hydrogen (secondary N) is 1. The quantitative estimate of drug-likeness (QED) is 0.687. The minimum Gasteiger partial charge on any atom is -0.394 e. The van der Waals surface area contributed by atoms with E-state index >= 15 is 0 Å². The molecule has 2 aromatic rings. The highest BCUT2D eigenvalue weighted by molar-refractivity contribution is 5.83. The molecule has 12 heteroatoms. The molecule has 144 valence electrons. The zero-order valence-electron chi connectivity index (χ0n) is 13.8. The van der Waals surface area contributed by atoms with Crippen LogP contribution in [0, 0.1) is 0 Å². The Morgan fingerprint density at radius 1 is 1.35 bits per heavy atom. The average molecular weight is 379 g/mol. The molecule has 1 aliphatic rings. The molecule has 1 aliphatic heterocycles. The van der Waals surface area contributed by atoms with E-state index in [-0.39, 0.29) is 23.0 Å². The van der Waals surface area contributed by atoms with Gasteiger partial charge in [0.05, 0.1) is 12.9 Å². The number of fused-ring (bicyclic) bond motifs is 1. The number of anilines is 1. The van der Waals surface area contributed by atoms with Crippen molar-refractivity contribution in [3.05, 3.63) is 12.2 Å². The Hall–Kier alpha value is -2.05. The normalized spacial score (nSPS) is 26.8. The topological polar surface area (TPSA) is 105 Å². The van der Waals surface area contributed by atoms with Crippen LogP contribution in [0.4, 0.5) is 23.4 Å². The lowest BCUT2D eigenvalue weighted by molar-refractivity contribution is -0.144. The number of halogens is 4. The summed E-state index contributed by atoms with van der Waals surface area (Å²) in [6, 6.07) is -0.239. The molecule has 3 rings (SSSR count). The second kappa shape index (κ2) is 6.59. The van der Waals surface area contributed by atoms with Crippen molar-refractivity contribution in [2.45, 2.75) is 50.7 Å². The number of hydrogen-bond acceptors (Lipinski definition) is 7. The van der Waals surface area contributed by atoms with Crippen LogP contribution in [0.5, 0.6) is 0 Å². The summed E-state index contributed by atoms with van der Waals surface area (Å²) >= 11 is 0. The van der Waals surface area contributed by atoms with Crippen molar-refractivity contribution in [3.63, 3.8) is 0 Å². The monoisotopic (exact) mass is 379 g/mol. The van der Waals surface area contributed by atoms with Gasteiger partial charge in [0.25, 0.3) is 0 Å². The largest absolute Gasteiger partial charge is 0.451 e. The first-order chi connectivity index (χ1) is 12.1. The molecule has 0 radical (unpaired) electrons. The van der Waals surface area contributed by atoms with Crippen LogP contribution < -0.4 is 5.32 Å². The molecule has 0 spiro atoms. The van der Waals surface area contributed by atoms with E-state index in [1.165, 1.54) is 0 Å². The van der Waals surface area contributed by atoms with Crippen molar-refractivity contribution >= 4 is 17.0 Å². The van der Waals surface area contributed by atoms with Gasteiger partial charge < -0.3 is 20.3 Å². The van der Waals surface area contributed by atoms with Crippen LogP contribution >= 0.6 is 0 Å². The molecule has 1 fully saturated rings. The summed E-state index contributed by atoms with van der Waals surface area (Å²) < 4.78 is 59.9. The Kier molecular flexibility index (Phi) is 4.75. The van der Waals surface area contributed by atoms with Gasteiger partial charge in [-0.25, -0.2) is 19.3 Å². The van der Waals surface area contributed by atoms with E-state index in [1.807, 2.05) is 0 Å². The molecule has 3 heterocycles. The molecule has 0 amide bonds. The van der Waals surface area contributed by atoms with E-state index in [0.29, 0.717) is 0 Å². The molecule has 0 aromatic carbocycles. The minimum atomic E-state index is -4.82. The summed E-state index contributed by atoms with van der Waals surface area (Å²) in [6.07, 6.45) is -10.0. The van der Waals surface area contributed by atoms with E-state index in [1.54, 1.807) is 13.8 Å². The first-order valence-corrected chi connectivity index (χ1v) is 7.80. The first kappa shape index (κ1) is 18.7. The highest BCUT2D eigenvalue weighted by atomic mass is 19.4. The number of hydrogen-bond donors (Lipinski definition) is 3. The maximum atomic E-state index is 14.3. The smallest absolute Gasteiger partial charge is 0.394 e. The lowest BCUT2D eigenvalue weighted by atomic mass is 10.1. The van der Waals surface area contributed by atoms with Gasteiger partial charge in [-0.3, -0.25) is 4.57 Å². The number of alkyl halides is 4. The fourth-order valence-corrected chi connectivity index (χ4v) is 2.68. The van der Waals surface area contributed by atoms with Crippen LogP contribution in [0.2, 0.25) is 0 Å². The maximum absolute atomic E-state index is 14.3. The van der Waals surface area contributed by atoms with E-state index in [4.69, 9.17) is 9.84 Å². The third kappa shape index (κ3) is 3.19. The Bertz CT molecular complexity index is 797. The van der Waals surface area contributed by atoms with Gasteiger partial charge in [0.1, 0.15) is 12.2 Å². The van der Waals surface area contributed by atoms with Crippen molar-refractivity contribution in [1.29, 1.82) is 0 Å².